The summed E-state index contributed by atoms with van der Waals surface area (Å²) in [7, 11) is -4.37. The molecule has 6 nitrogen and oxygen atoms in total. The van der Waals surface area contributed by atoms with Gasteiger partial charge in [-0.25, -0.2) is 4.79 Å². The lowest BCUT2D eigenvalue weighted by molar-refractivity contribution is 0.0662. The van der Waals surface area contributed by atoms with E-state index in [9.17, 15) is 13.2 Å². The first kappa shape index (κ1) is 8.75. The van der Waals surface area contributed by atoms with Crippen LogP contribution in [-0.2, 0) is 10.1 Å². The van der Waals surface area contributed by atoms with E-state index in [0.717, 1.165) is 6.07 Å². The number of furan rings is 1. The molecule has 0 amide bonds. The number of carboxylic acid groups (broad SMARTS) is 1. The molecule has 2 N–H and O–H groups in total. The molecule has 0 saturated heterocycles. The molecule has 0 aliphatic carbocycles. The number of aromatic carboxylic acids is 1. The van der Waals surface area contributed by atoms with Gasteiger partial charge in [-0.3, -0.25) is 4.55 Å². The predicted octanol–water partition coefficient (Wildman–Crippen LogP) is 0.225. The van der Waals surface area contributed by atoms with E-state index in [4.69, 9.17) is 9.66 Å². The van der Waals surface area contributed by atoms with Crippen LogP contribution in [0.5, 0.6) is 0 Å². The molecule has 1 rings (SSSR count). The zero-order valence-corrected chi connectivity index (χ0v) is 6.41. The van der Waals surface area contributed by atoms with Crippen LogP contribution in [0.25, 0.3) is 0 Å². The first-order chi connectivity index (χ1) is 5.41. The van der Waals surface area contributed by atoms with Crippen LogP contribution in [0.4, 0.5) is 0 Å². The Morgan fingerprint density at radius 2 is 2.08 bits per heavy atom. The van der Waals surface area contributed by atoms with Gasteiger partial charge in [0.1, 0.15) is 11.2 Å². The molecule has 1 aromatic heterocycles. The summed E-state index contributed by atoms with van der Waals surface area (Å²) < 4.78 is 33.5. The van der Waals surface area contributed by atoms with E-state index in [-0.39, 0.29) is 0 Å². The van der Waals surface area contributed by atoms with Crippen molar-refractivity contribution in [1.29, 1.82) is 0 Å². The highest BCUT2D eigenvalue weighted by atomic mass is 32.2. The molecular formula is C5H4O6S. The Morgan fingerprint density at radius 1 is 1.50 bits per heavy atom. The summed E-state index contributed by atoms with van der Waals surface area (Å²) in [5.41, 5.74) is 0. The highest BCUT2D eigenvalue weighted by molar-refractivity contribution is 7.85. The highest BCUT2D eigenvalue weighted by Crippen LogP contribution is 2.12. The second kappa shape index (κ2) is 2.61. The third kappa shape index (κ3) is 1.63. The van der Waals surface area contributed by atoms with Crippen LogP contribution >= 0.6 is 0 Å². The van der Waals surface area contributed by atoms with E-state index < -0.39 is 26.7 Å². The first-order valence-corrected chi connectivity index (χ1v) is 4.14. The summed E-state index contributed by atoms with van der Waals surface area (Å²) in [5.74, 6) is -1.94. The minimum Gasteiger partial charge on any atom is -0.475 e. The smallest absolute Gasteiger partial charge is 0.371 e. The van der Waals surface area contributed by atoms with Crippen molar-refractivity contribution in [2.75, 3.05) is 0 Å². The Hall–Kier alpha value is -1.34. The molecule has 0 unspecified atom stereocenters. The fraction of sp³-hybridized carbons (Fsp3) is 0. The van der Waals surface area contributed by atoms with E-state index in [1.807, 2.05) is 0 Å². The van der Waals surface area contributed by atoms with Crippen molar-refractivity contribution in [3.63, 3.8) is 0 Å². The fourth-order valence-electron chi connectivity index (χ4n) is 0.566. The van der Waals surface area contributed by atoms with Crippen LogP contribution in [0.3, 0.4) is 0 Å². The van der Waals surface area contributed by atoms with E-state index in [0.29, 0.717) is 6.26 Å². The Morgan fingerprint density at radius 3 is 2.33 bits per heavy atom. The Labute approximate surface area is 67.2 Å². The van der Waals surface area contributed by atoms with Gasteiger partial charge in [0.15, 0.2) is 0 Å². The molecule has 7 heteroatoms. The van der Waals surface area contributed by atoms with Crippen LogP contribution in [0, 0.1) is 0 Å². The van der Waals surface area contributed by atoms with Crippen molar-refractivity contribution in [2.45, 2.75) is 4.90 Å². The largest absolute Gasteiger partial charge is 0.475 e. The van der Waals surface area contributed by atoms with Gasteiger partial charge in [-0.2, -0.15) is 8.42 Å². The van der Waals surface area contributed by atoms with Gasteiger partial charge in [-0.1, -0.05) is 0 Å². The number of rotatable bonds is 2. The molecule has 0 aliphatic heterocycles. The highest BCUT2D eigenvalue weighted by Gasteiger charge is 2.16. The summed E-state index contributed by atoms with van der Waals surface area (Å²) in [6.45, 7) is 0. The van der Waals surface area contributed by atoms with Crippen molar-refractivity contribution in [2.24, 2.45) is 0 Å². The number of carboxylic acids is 1. The lowest BCUT2D eigenvalue weighted by atomic mass is 10.5. The Kier molecular flexibility index (Phi) is 1.90. The quantitative estimate of drug-likeness (QED) is 0.649. The molecule has 0 fully saturated rings. The fourth-order valence-corrected chi connectivity index (χ4v) is 0.992. The molecule has 0 saturated carbocycles. The normalized spacial score (nSPS) is 11.4. The summed E-state index contributed by atoms with van der Waals surface area (Å²) in [4.78, 5) is 9.60. The molecule has 0 spiro atoms. The van der Waals surface area contributed by atoms with Crippen molar-refractivity contribution in [1.82, 2.24) is 0 Å². The molecular weight excluding hydrogens is 188 g/mol. The average molecular weight is 192 g/mol. The molecule has 66 valence electrons. The monoisotopic (exact) mass is 192 g/mol. The van der Waals surface area contributed by atoms with Gasteiger partial charge in [-0.05, 0) is 0 Å². The lowest BCUT2D eigenvalue weighted by Gasteiger charge is -1.84. The lowest BCUT2D eigenvalue weighted by Crippen LogP contribution is -1.96. The molecule has 1 aromatic rings. The van der Waals surface area contributed by atoms with Gasteiger partial charge in [0.05, 0.1) is 0 Å². The molecule has 12 heavy (non-hydrogen) atoms. The summed E-state index contributed by atoms with van der Waals surface area (Å²) in [6.07, 6.45) is 0.652. The minimum atomic E-state index is -4.37. The molecule has 0 aliphatic rings. The first-order valence-electron chi connectivity index (χ1n) is 2.70. The number of carbonyl (C=O) groups is 1. The topological polar surface area (TPSA) is 105 Å². The van der Waals surface area contributed by atoms with Gasteiger partial charge in [0, 0.05) is 6.07 Å². The number of hydrogen-bond donors (Lipinski definition) is 2. The van der Waals surface area contributed by atoms with Gasteiger partial charge < -0.3 is 9.52 Å². The van der Waals surface area contributed by atoms with Crippen LogP contribution < -0.4 is 0 Å². The van der Waals surface area contributed by atoms with Crippen LogP contribution in [0.2, 0.25) is 0 Å². The average Bonchev–Trinajstić information content (AvgIpc) is 2.30. The maximum atomic E-state index is 10.4. The van der Waals surface area contributed by atoms with E-state index in [1.165, 1.54) is 0 Å². The number of hydrogen-bond acceptors (Lipinski definition) is 4. The maximum Gasteiger partial charge on any atom is 0.371 e. The molecule has 0 bridgehead atoms. The molecule has 0 atom stereocenters. The predicted molar refractivity (Wildman–Crippen MR) is 35.5 cm³/mol. The third-order valence-electron chi connectivity index (χ3n) is 1.08. The zero-order valence-electron chi connectivity index (χ0n) is 5.59. The van der Waals surface area contributed by atoms with Gasteiger partial charge in [0.2, 0.25) is 5.76 Å². The SMILES string of the molecule is O=C(O)c1cc(S(=O)(=O)O)co1. The molecule has 0 radical (unpaired) electrons. The second-order valence-electron chi connectivity index (χ2n) is 1.93. The summed E-state index contributed by atoms with van der Waals surface area (Å²) in [6, 6.07) is 0.720. The van der Waals surface area contributed by atoms with Gasteiger partial charge in [-0.15, -0.1) is 0 Å². The van der Waals surface area contributed by atoms with Crippen LogP contribution in [0.15, 0.2) is 21.6 Å². The van der Waals surface area contributed by atoms with E-state index >= 15 is 0 Å². The van der Waals surface area contributed by atoms with Crippen molar-refractivity contribution in [3.05, 3.63) is 18.1 Å². The minimum absolute atomic E-state index is 0.539. The summed E-state index contributed by atoms with van der Waals surface area (Å²) in [5, 5.41) is 8.29. The Balaban J connectivity index is 3.17. The zero-order chi connectivity index (χ0) is 9.35. The van der Waals surface area contributed by atoms with Gasteiger partial charge >= 0.3 is 5.97 Å². The van der Waals surface area contributed by atoms with E-state index in [2.05, 4.69) is 4.42 Å². The van der Waals surface area contributed by atoms with Crippen molar-refractivity contribution < 1.29 is 27.3 Å². The molecule has 0 aromatic carbocycles. The summed E-state index contributed by atoms with van der Waals surface area (Å²) >= 11 is 0. The van der Waals surface area contributed by atoms with Gasteiger partial charge in [0.25, 0.3) is 10.1 Å². The molecule has 1 heterocycles. The Bertz CT molecular complexity index is 399. The van der Waals surface area contributed by atoms with Crippen LogP contribution in [0.1, 0.15) is 10.6 Å². The van der Waals surface area contributed by atoms with Crippen molar-refractivity contribution >= 4 is 16.1 Å². The van der Waals surface area contributed by atoms with E-state index in [1.54, 1.807) is 0 Å². The standard InChI is InChI=1S/C5H4O6S/c6-5(7)4-1-3(2-11-4)12(8,9)10/h1-2H,(H,6,7)(H,8,9,10). The maximum absolute atomic E-state index is 10.4. The third-order valence-corrected chi connectivity index (χ3v) is 1.89. The van der Waals surface area contributed by atoms with Crippen molar-refractivity contribution in [3.8, 4) is 0 Å². The van der Waals surface area contributed by atoms with Crippen LogP contribution in [-0.4, -0.2) is 24.0 Å². The second-order valence-corrected chi connectivity index (χ2v) is 3.35.